The van der Waals surface area contributed by atoms with E-state index >= 15 is 0 Å². The van der Waals surface area contributed by atoms with Crippen LogP contribution in [-0.4, -0.2) is 10.3 Å². The number of nitrogens with one attached hydrogen (secondary N) is 1. The molecular weight excluding hydrogens is 203 g/mol. The number of allylic oxidation sites excluding steroid dienone is 2. The van der Waals surface area contributed by atoms with E-state index in [1.54, 1.807) is 18.4 Å². The number of thiocarbonyl (C=S) groups is 1. The number of halogens is 2. The second-order valence-corrected chi connectivity index (χ2v) is 2.98. The summed E-state index contributed by atoms with van der Waals surface area (Å²) < 4.78 is 0. The highest BCUT2D eigenvalue weighted by Crippen LogP contribution is 2.28. The van der Waals surface area contributed by atoms with Crippen LogP contribution in [0.5, 0.6) is 0 Å². The molecule has 1 unspecified atom stereocenters. The predicted octanol–water partition coefficient (Wildman–Crippen LogP) is 2.22. The van der Waals surface area contributed by atoms with Gasteiger partial charge in [-0.25, -0.2) is 0 Å². The summed E-state index contributed by atoms with van der Waals surface area (Å²) in [6.45, 7) is 0. The van der Waals surface area contributed by atoms with Crippen LogP contribution in [0.25, 0.3) is 0 Å². The van der Waals surface area contributed by atoms with Crippen molar-refractivity contribution in [1.82, 2.24) is 5.32 Å². The van der Waals surface area contributed by atoms with E-state index in [2.05, 4.69) is 27.7 Å². The normalized spacial score (nSPS) is 28.4. The van der Waals surface area contributed by atoms with Gasteiger partial charge in [0.2, 0.25) is 0 Å². The maximum absolute atomic E-state index is 5.87. The van der Waals surface area contributed by atoms with Crippen LogP contribution in [0.15, 0.2) is 28.4 Å². The minimum Gasteiger partial charge on any atom is -0.350 e. The van der Waals surface area contributed by atoms with Gasteiger partial charge in [-0.1, -0.05) is 23.2 Å². The van der Waals surface area contributed by atoms with Crippen LogP contribution in [0.4, 0.5) is 0 Å². The van der Waals surface area contributed by atoms with Crippen LogP contribution in [-0.2, 0) is 0 Å². The molecule has 1 aliphatic rings. The molecule has 0 aliphatic carbocycles. The molecule has 0 spiro atoms. The van der Waals surface area contributed by atoms with Crippen molar-refractivity contribution in [3.8, 4) is 0 Å². The number of hydrogen-bond donors (Lipinski definition) is 1. The molecule has 0 bridgehead atoms. The summed E-state index contributed by atoms with van der Waals surface area (Å²) in [5.74, 6) is 0. The van der Waals surface area contributed by atoms with Crippen LogP contribution in [0.2, 0.25) is 0 Å². The molecule has 1 atom stereocenters. The molecule has 0 aromatic rings. The fourth-order valence-electron chi connectivity index (χ4n) is 0.619. The topological polar surface area (TPSA) is 24.4 Å². The third-order valence-corrected chi connectivity index (χ3v) is 2.11. The fourth-order valence-corrected chi connectivity index (χ4v) is 1.14. The summed E-state index contributed by atoms with van der Waals surface area (Å²) in [5, 5.41) is 4.13. The molecule has 1 rings (SSSR count). The molecule has 0 saturated carbocycles. The Morgan fingerprint density at radius 2 is 2.45 bits per heavy atom. The minimum atomic E-state index is -1.14. The lowest BCUT2D eigenvalue weighted by molar-refractivity contribution is 0.648. The first-order chi connectivity index (χ1) is 5.19. The van der Waals surface area contributed by atoms with Gasteiger partial charge in [0.1, 0.15) is 0 Å². The van der Waals surface area contributed by atoms with E-state index in [1.165, 1.54) is 0 Å². The highest BCUT2D eigenvalue weighted by molar-refractivity contribution is 7.78. The molecule has 1 N–H and O–H groups in total. The standard InChI is InChI=1S/C6H4Cl2N2S/c7-5-2-1-3-9-6(5,8)10-4-11/h1-3,9H. The lowest BCUT2D eigenvalue weighted by atomic mass is 10.3. The highest BCUT2D eigenvalue weighted by Gasteiger charge is 2.29. The SMILES string of the molecule is S=C=NC1(Cl)NC=CC=C1Cl. The van der Waals surface area contributed by atoms with E-state index in [4.69, 9.17) is 23.2 Å². The zero-order chi connectivity index (χ0) is 8.32. The average Bonchev–Trinajstić information content (AvgIpc) is 1.96. The predicted molar refractivity (Wildman–Crippen MR) is 49.8 cm³/mol. The van der Waals surface area contributed by atoms with Gasteiger partial charge in [0.15, 0.2) is 0 Å². The molecule has 0 saturated heterocycles. The second-order valence-electron chi connectivity index (χ2n) is 1.84. The third-order valence-electron chi connectivity index (χ3n) is 1.13. The molecule has 1 aliphatic heterocycles. The van der Waals surface area contributed by atoms with Gasteiger partial charge >= 0.3 is 0 Å². The number of rotatable bonds is 1. The zero-order valence-corrected chi connectivity index (χ0v) is 7.67. The van der Waals surface area contributed by atoms with Gasteiger partial charge in [0.25, 0.3) is 5.12 Å². The summed E-state index contributed by atoms with van der Waals surface area (Å²) in [6.07, 6.45) is 5.00. The first-order valence-electron chi connectivity index (χ1n) is 2.77. The molecule has 0 aromatic carbocycles. The first kappa shape index (κ1) is 8.75. The van der Waals surface area contributed by atoms with Crippen LogP contribution >= 0.6 is 35.4 Å². The molecule has 0 aromatic heterocycles. The highest BCUT2D eigenvalue weighted by atomic mass is 35.5. The molecule has 0 radical (unpaired) electrons. The van der Waals surface area contributed by atoms with Gasteiger partial charge < -0.3 is 5.32 Å². The zero-order valence-electron chi connectivity index (χ0n) is 5.34. The average molecular weight is 207 g/mol. The number of isothiocyanates is 1. The lowest BCUT2D eigenvalue weighted by Gasteiger charge is -2.22. The smallest absolute Gasteiger partial charge is 0.252 e. The number of aliphatic imine (C=N–C) groups is 1. The van der Waals surface area contributed by atoms with Gasteiger partial charge in [0.05, 0.1) is 10.2 Å². The Kier molecular flexibility index (Phi) is 2.68. The molecule has 0 amide bonds. The quantitative estimate of drug-likeness (QED) is 0.308. The van der Waals surface area contributed by atoms with Crippen molar-refractivity contribution in [2.75, 3.05) is 0 Å². The Morgan fingerprint density at radius 3 is 3.00 bits per heavy atom. The van der Waals surface area contributed by atoms with Crippen molar-refractivity contribution < 1.29 is 0 Å². The van der Waals surface area contributed by atoms with Gasteiger partial charge in [-0.2, -0.15) is 4.99 Å². The van der Waals surface area contributed by atoms with Gasteiger partial charge in [-0.3, -0.25) is 0 Å². The van der Waals surface area contributed by atoms with E-state index in [1.807, 2.05) is 0 Å². The van der Waals surface area contributed by atoms with Gasteiger partial charge in [0, 0.05) is 0 Å². The maximum Gasteiger partial charge on any atom is 0.252 e. The van der Waals surface area contributed by atoms with Crippen molar-refractivity contribution in [2.24, 2.45) is 4.99 Å². The Hall–Kier alpha value is -0.340. The summed E-state index contributed by atoms with van der Waals surface area (Å²) in [7, 11) is 0. The van der Waals surface area contributed by atoms with E-state index < -0.39 is 5.12 Å². The summed E-state index contributed by atoms with van der Waals surface area (Å²) >= 11 is 16.0. The molecule has 0 fully saturated rings. The largest absolute Gasteiger partial charge is 0.350 e. The molecule has 5 heteroatoms. The first-order valence-corrected chi connectivity index (χ1v) is 3.94. The summed E-state index contributed by atoms with van der Waals surface area (Å²) in [5.41, 5.74) is 0. The number of dihydropyridines is 1. The van der Waals surface area contributed by atoms with Crippen molar-refractivity contribution in [1.29, 1.82) is 0 Å². The number of alkyl halides is 1. The van der Waals surface area contributed by atoms with Crippen molar-refractivity contribution in [3.63, 3.8) is 0 Å². The molecule has 58 valence electrons. The van der Waals surface area contributed by atoms with Crippen LogP contribution in [0.3, 0.4) is 0 Å². The molecular formula is C6H4Cl2N2S. The van der Waals surface area contributed by atoms with Crippen LogP contribution in [0.1, 0.15) is 0 Å². The Bertz CT molecular complexity index is 268. The monoisotopic (exact) mass is 206 g/mol. The summed E-state index contributed by atoms with van der Waals surface area (Å²) in [4.78, 5) is 3.66. The van der Waals surface area contributed by atoms with Crippen LogP contribution < -0.4 is 5.32 Å². The summed E-state index contributed by atoms with van der Waals surface area (Å²) in [6, 6.07) is 0. The van der Waals surface area contributed by atoms with Crippen molar-refractivity contribution >= 4 is 40.6 Å². The number of hydrogen-bond acceptors (Lipinski definition) is 3. The minimum absolute atomic E-state index is 0.374. The molecule has 11 heavy (non-hydrogen) atoms. The van der Waals surface area contributed by atoms with Crippen molar-refractivity contribution in [2.45, 2.75) is 5.12 Å². The van der Waals surface area contributed by atoms with Crippen LogP contribution in [0, 0.1) is 0 Å². The van der Waals surface area contributed by atoms with E-state index in [9.17, 15) is 0 Å². The van der Waals surface area contributed by atoms with Gasteiger partial charge in [-0.15, -0.1) is 0 Å². The second kappa shape index (κ2) is 3.37. The Balaban J connectivity index is 2.96. The third kappa shape index (κ3) is 1.82. The van der Waals surface area contributed by atoms with Crippen molar-refractivity contribution in [3.05, 3.63) is 23.4 Å². The van der Waals surface area contributed by atoms with E-state index in [-0.39, 0.29) is 0 Å². The Labute approximate surface area is 79.6 Å². The molecule has 1 heterocycles. The molecule has 2 nitrogen and oxygen atoms in total. The maximum atomic E-state index is 5.87. The van der Waals surface area contributed by atoms with Gasteiger partial charge in [-0.05, 0) is 30.6 Å². The fraction of sp³-hybridized carbons (Fsp3) is 0.167. The number of nitrogens with zero attached hydrogens (tertiary/aromatic N) is 1. The van der Waals surface area contributed by atoms with E-state index in [0.29, 0.717) is 5.03 Å². The van der Waals surface area contributed by atoms with E-state index in [0.717, 1.165) is 0 Å². The lowest BCUT2D eigenvalue weighted by Crippen LogP contribution is -2.35. The Morgan fingerprint density at radius 1 is 1.73 bits per heavy atom.